The normalized spacial score (nSPS) is 16.4. The van der Waals surface area contributed by atoms with Gasteiger partial charge in [-0.15, -0.1) is 0 Å². The second-order valence-electron chi connectivity index (χ2n) is 4.93. The van der Waals surface area contributed by atoms with Gasteiger partial charge in [-0.25, -0.2) is 0 Å². The maximum Gasteiger partial charge on any atom is 0.263 e. The summed E-state index contributed by atoms with van der Waals surface area (Å²) in [5, 5.41) is 14.9. The van der Waals surface area contributed by atoms with Crippen LogP contribution in [0.2, 0.25) is 0 Å². The van der Waals surface area contributed by atoms with Gasteiger partial charge in [0.15, 0.2) is 0 Å². The van der Waals surface area contributed by atoms with E-state index in [9.17, 15) is 4.79 Å². The quantitative estimate of drug-likeness (QED) is 0.637. The fourth-order valence-electron chi connectivity index (χ4n) is 2.29. The van der Waals surface area contributed by atoms with Gasteiger partial charge in [0.1, 0.15) is 17.4 Å². The number of hydrogen-bond donors (Lipinski definition) is 2. The minimum absolute atomic E-state index is 0.0992. The monoisotopic (exact) mass is 273 g/mol. The standard InChI is InChI=1S/C15H19N3O2/c16-9-12(10-17-13-5-2-1-3-6-13)15(19)18-11-14-7-4-8-20-14/h4,7-8,10,13,17H,1-3,5-6,11H2,(H,18,19)/b12-10-. The summed E-state index contributed by atoms with van der Waals surface area (Å²) in [5.74, 6) is 0.281. The van der Waals surface area contributed by atoms with Gasteiger partial charge >= 0.3 is 0 Å². The van der Waals surface area contributed by atoms with Crippen LogP contribution in [0.3, 0.4) is 0 Å². The largest absolute Gasteiger partial charge is 0.467 e. The molecular formula is C15H19N3O2. The van der Waals surface area contributed by atoms with Crippen LogP contribution in [-0.2, 0) is 11.3 Å². The van der Waals surface area contributed by atoms with Crippen molar-refractivity contribution in [3.8, 4) is 6.07 Å². The molecule has 0 aliphatic heterocycles. The lowest BCUT2D eigenvalue weighted by Gasteiger charge is -2.21. The maximum absolute atomic E-state index is 11.9. The van der Waals surface area contributed by atoms with Crippen LogP contribution < -0.4 is 10.6 Å². The summed E-state index contributed by atoms with van der Waals surface area (Å²) in [6.07, 6.45) is 8.97. The highest BCUT2D eigenvalue weighted by Gasteiger charge is 2.13. The average Bonchev–Trinajstić information content (AvgIpc) is 3.00. The molecule has 1 amide bonds. The highest BCUT2D eigenvalue weighted by atomic mass is 16.3. The summed E-state index contributed by atoms with van der Waals surface area (Å²) in [5.41, 5.74) is 0.0992. The van der Waals surface area contributed by atoms with Gasteiger partial charge in [0.05, 0.1) is 12.8 Å². The van der Waals surface area contributed by atoms with E-state index in [2.05, 4.69) is 10.6 Å². The molecule has 0 spiro atoms. The Hall–Kier alpha value is -2.22. The predicted molar refractivity (Wildman–Crippen MR) is 74.3 cm³/mol. The van der Waals surface area contributed by atoms with Crippen LogP contribution in [0.1, 0.15) is 37.9 Å². The topological polar surface area (TPSA) is 78.1 Å². The van der Waals surface area contributed by atoms with Crippen molar-refractivity contribution in [3.63, 3.8) is 0 Å². The molecule has 0 aromatic carbocycles. The van der Waals surface area contributed by atoms with Crippen LogP contribution >= 0.6 is 0 Å². The van der Waals surface area contributed by atoms with Gasteiger partial charge in [-0.2, -0.15) is 5.26 Å². The summed E-state index contributed by atoms with van der Waals surface area (Å²) in [6, 6.07) is 5.84. The zero-order chi connectivity index (χ0) is 14.2. The molecule has 1 aromatic heterocycles. The molecule has 1 heterocycles. The lowest BCUT2D eigenvalue weighted by molar-refractivity contribution is -0.117. The number of rotatable bonds is 5. The third kappa shape index (κ3) is 4.16. The van der Waals surface area contributed by atoms with Crippen molar-refractivity contribution in [1.82, 2.24) is 10.6 Å². The Labute approximate surface area is 118 Å². The van der Waals surface area contributed by atoms with E-state index < -0.39 is 0 Å². The van der Waals surface area contributed by atoms with E-state index in [4.69, 9.17) is 9.68 Å². The van der Waals surface area contributed by atoms with E-state index in [1.165, 1.54) is 25.5 Å². The molecule has 5 nitrogen and oxygen atoms in total. The molecule has 1 aliphatic rings. The third-order valence-electron chi connectivity index (χ3n) is 3.44. The van der Waals surface area contributed by atoms with Gasteiger partial charge in [0, 0.05) is 12.2 Å². The summed E-state index contributed by atoms with van der Waals surface area (Å²) in [6.45, 7) is 0.286. The van der Waals surface area contributed by atoms with E-state index in [0.717, 1.165) is 12.8 Å². The molecule has 106 valence electrons. The molecule has 20 heavy (non-hydrogen) atoms. The van der Waals surface area contributed by atoms with E-state index in [1.807, 2.05) is 6.07 Å². The van der Waals surface area contributed by atoms with Crippen LogP contribution in [0.25, 0.3) is 0 Å². The lowest BCUT2D eigenvalue weighted by atomic mass is 9.96. The minimum atomic E-state index is -0.382. The first kappa shape index (κ1) is 14.2. The van der Waals surface area contributed by atoms with Crippen LogP contribution in [0, 0.1) is 11.3 Å². The molecule has 2 N–H and O–H groups in total. The van der Waals surface area contributed by atoms with Crippen LogP contribution in [0.5, 0.6) is 0 Å². The molecule has 0 bridgehead atoms. The Morgan fingerprint density at radius 2 is 2.25 bits per heavy atom. The average molecular weight is 273 g/mol. The summed E-state index contributed by atoms with van der Waals surface area (Å²) < 4.78 is 5.12. The molecule has 0 atom stereocenters. The van der Waals surface area contributed by atoms with E-state index in [-0.39, 0.29) is 18.0 Å². The first-order chi connectivity index (χ1) is 9.79. The molecule has 1 aliphatic carbocycles. The van der Waals surface area contributed by atoms with Crippen molar-refractivity contribution < 1.29 is 9.21 Å². The first-order valence-electron chi connectivity index (χ1n) is 6.96. The van der Waals surface area contributed by atoms with Crippen molar-refractivity contribution in [1.29, 1.82) is 5.26 Å². The molecule has 2 rings (SSSR count). The summed E-state index contributed by atoms with van der Waals surface area (Å²) in [4.78, 5) is 11.9. The minimum Gasteiger partial charge on any atom is -0.467 e. The molecule has 1 aromatic rings. The molecule has 0 radical (unpaired) electrons. The lowest BCUT2D eigenvalue weighted by Crippen LogP contribution is -2.29. The molecule has 0 saturated heterocycles. The highest BCUT2D eigenvalue weighted by Crippen LogP contribution is 2.17. The Morgan fingerprint density at radius 1 is 1.45 bits per heavy atom. The van der Waals surface area contributed by atoms with Gasteiger partial charge in [-0.3, -0.25) is 4.79 Å². The summed E-state index contributed by atoms with van der Waals surface area (Å²) >= 11 is 0. The first-order valence-corrected chi connectivity index (χ1v) is 6.96. The van der Waals surface area contributed by atoms with Crippen molar-refractivity contribution in [3.05, 3.63) is 35.9 Å². The number of amides is 1. The second kappa shape index (κ2) is 7.39. The van der Waals surface area contributed by atoms with Crippen molar-refractivity contribution >= 4 is 5.91 Å². The summed E-state index contributed by atoms with van der Waals surface area (Å²) in [7, 11) is 0. The van der Waals surface area contributed by atoms with Gasteiger partial charge in [0.25, 0.3) is 5.91 Å². The Balaban J connectivity index is 1.83. The zero-order valence-corrected chi connectivity index (χ0v) is 11.4. The van der Waals surface area contributed by atoms with Crippen molar-refractivity contribution in [2.75, 3.05) is 0 Å². The van der Waals surface area contributed by atoms with Gasteiger partial charge in [-0.05, 0) is 25.0 Å². The molecule has 0 unspecified atom stereocenters. The number of nitriles is 1. The fraction of sp³-hybridized carbons (Fsp3) is 0.467. The third-order valence-corrected chi connectivity index (χ3v) is 3.44. The van der Waals surface area contributed by atoms with E-state index in [0.29, 0.717) is 11.8 Å². The molecule has 1 saturated carbocycles. The van der Waals surface area contributed by atoms with Crippen LogP contribution in [-0.4, -0.2) is 11.9 Å². The predicted octanol–water partition coefficient (Wildman–Crippen LogP) is 2.23. The van der Waals surface area contributed by atoms with Crippen LogP contribution in [0.4, 0.5) is 0 Å². The smallest absolute Gasteiger partial charge is 0.263 e. The van der Waals surface area contributed by atoms with Crippen LogP contribution in [0.15, 0.2) is 34.6 Å². The maximum atomic E-state index is 11.9. The van der Waals surface area contributed by atoms with Gasteiger partial charge in [-0.1, -0.05) is 19.3 Å². The number of carbonyl (C=O) groups excluding carboxylic acids is 1. The number of hydrogen-bond acceptors (Lipinski definition) is 4. The highest BCUT2D eigenvalue weighted by molar-refractivity contribution is 5.97. The zero-order valence-electron chi connectivity index (χ0n) is 11.4. The second-order valence-corrected chi connectivity index (χ2v) is 4.93. The van der Waals surface area contributed by atoms with Gasteiger partial charge in [0.2, 0.25) is 0 Å². The molecular weight excluding hydrogens is 254 g/mol. The number of furan rings is 1. The molecule has 5 heteroatoms. The van der Waals surface area contributed by atoms with Gasteiger partial charge < -0.3 is 15.1 Å². The Kier molecular flexibility index (Phi) is 5.24. The number of nitrogens with zero attached hydrogens (tertiary/aromatic N) is 1. The van der Waals surface area contributed by atoms with E-state index >= 15 is 0 Å². The number of carbonyl (C=O) groups is 1. The Bertz CT molecular complexity index is 494. The number of nitrogens with one attached hydrogen (secondary N) is 2. The molecule has 1 fully saturated rings. The van der Waals surface area contributed by atoms with E-state index in [1.54, 1.807) is 18.4 Å². The fourth-order valence-corrected chi connectivity index (χ4v) is 2.29. The van der Waals surface area contributed by atoms with Crippen molar-refractivity contribution in [2.45, 2.75) is 44.7 Å². The Morgan fingerprint density at radius 3 is 2.90 bits per heavy atom. The van der Waals surface area contributed by atoms with Crippen molar-refractivity contribution in [2.24, 2.45) is 0 Å². The SMILES string of the molecule is N#C/C(=C/NC1CCCCC1)C(=O)NCc1ccco1.